The number of rotatable bonds is 8. The minimum absolute atomic E-state index is 0.120. The molecule has 1 heterocycles. The summed E-state index contributed by atoms with van der Waals surface area (Å²) in [4.78, 5) is 26.4. The predicted molar refractivity (Wildman–Crippen MR) is 81.1 cm³/mol. The van der Waals surface area contributed by atoms with Gasteiger partial charge in [0.25, 0.3) is 0 Å². The lowest BCUT2D eigenvalue weighted by atomic mass is 10.1. The molecule has 22 heavy (non-hydrogen) atoms. The van der Waals surface area contributed by atoms with Gasteiger partial charge in [-0.3, -0.25) is 4.79 Å². The standard InChI is InChI=1S/C16H17NO4S/c1-2-3-11-4-6-13(7-5-11)21-9-14(18)16-17-12(10-22-16)8-15(19)20/h4-7,10H,2-3,8-9H2,1H3,(H,19,20)/p-1. The minimum Gasteiger partial charge on any atom is -0.550 e. The molecule has 0 aliphatic carbocycles. The van der Waals surface area contributed by atoms with Gasteiger partial charge in [0.05, 0.1) is 5.69 Å². The van der Waals surface area contributed by atoms with Gasteiger partial charge in [-0.25, -0.2) is 4.98 Å². The summed E-state index contributed by atoms with van der Waals surface area (Å²) in [6.07, 6.45) is 1.81. The second-order valence-corrected chi connectivity index (χ2v) is 5.66. The van der Waals surface area contributed by atoms with E-state index in [0.717, 1.165) is 24.2 Å². The molecule has 0 spiro atoms. The van der Waals surface area contributed by atoms with E-state index in [9.17, 15) is 14.7 Å². The van der Waals surface area contributed by atoms with Gasteiger partial charge in [-0.2, -0.15) is 0 Å². The SMILES string of the molecule is CCCc1ccc(OCC(=O)c2nc(CC(=O)[O-])cs2)cc1. The Morgan fingerprint density at radius 1 is 1.27 bits per heavy atom. The lowest BCUT2D eigenvalue weighted by Crippen LogP contribution is -2.24. The van der Waals surface area contributed by atoms with Crippen LogP contribution in [0.15, 0.2) is 29.6 Å². The van der Waals surface area contributed by atoms with Crippen molar-refractivity contribution in [1.29, 1.82) is 0 Å². The highest BCUT2D eigenvalue weighted by Gasteiger charge is 2.12. The number of aromatic nitrogens is 1. The lowest BCUT2D eigenvalue weighted by molar-refractivity contribution is -0.304. The molecule has 116 valence electrons. The van der Waals surface area contributed by atoms with Crippen molar-refractivity contribution in [1.82, 2.24) is 4.98 Å². The Morgan fingerprint density at radius 3 is 2.64 bits per heavy atom. The second kappa shape index (κ2) is 7.70. The number of thiazole rings is 1. The first-order valence-electron chi connectivity index (χ1n) is 6.97. The summed E-state index contributed by atoms with van der Waals surface area (Å²) in [6.45, 7) is 2.00. The van der Waals surface area contributed by atoms with E-state index in [1.54, 1.807) is 5.38 Å². The smallest absolute Gasteiger partial charge is 0.228 e. The van der Waals surface area contributed by atoms with Crippen molar-refractivity contribution in [2.24, 2.45) is 0 Å². The molecule has 0 atom stereocenters. The molecule has 0 radical (unpaired) electrons. The van der Waals surface area contributed by atoms with Crippen LogP contribution in [0.25, 0.3) is 0 Å². The number of carboxylic acids is 1. The van der Waals surface area contributed by atoms with Crippen molar-refractivity contribution in [2.45, 2.75) is 26.2 Å². The summed E-state index contributed by atoms with van der Waals surface area (Å²) in [5.41, 5.74) is 1.56. The minimum atomic E-state index is -1.22. The number of benzene rings is 1. The summed E-state index contributed by atoms with van der Waals surface area (Å²) in [7, 11) is 0. The number of ether oxygens (including phenoxy) is 1. The summed E-state index contributed by atoms with van der Waals surface area (Å²) < 4.78 is 5.43. The van der Waals surface area contributed by atoms with Crippen molar-refractivity contribution in [3.05, 3.63) is 45.9 Å². The summed E-state index contributed by atoms with van der Waals surface area (Å²) in [5.74, 6) is -0.861. The summed E-state index contributed by atoms with van der Waals surface area (Å²) in [5, 5.41) is 12.3. The van der Waals surface area contributed by atoms with Gasteiger partial charge in [-0.1, -0.05) is 25.5 Å². The van der Waals surface area contributed by atoms with Gasteiger partial charge in [-0.05, 0) is 24.1 Å². The first-order chi connectivity index (χ1) is 10.6. The third-order valence-corrected chi connectivity index (χ3v) is 3.88. The van der Waals surface area contributed by atoms with E-state index in [2.05, 4.69) is 11.9 Å². The van der Waals surface area contributed by atoms with Crippen LogP contribution in [0.3, 0.4) is 0 Å². The van der Waals surface area contributed by atoms with Crippen LogP contribution in [-0.2, 0) is 17.6 Å². The Labute approximate surface area is 132 Å². The maximum Gasteiger partial charge on any atom is 0.228 e. The van der Waals surface area contributed by atoms with Crippen molar-refractivity contribution in [3.8, 4) is 5.75 Å². The average Bonchev–Trinajstić information content (AvgIpc) is 2.94. The molecule has 0 saturated carbocycles. The van der Waals surface area contributed by atoms with Gasteiger partial charge in [0.2, 0.25) is 5.78 Å². The first-order valence-corrected chi connectivity index (χ1v) is 7.85. The quantitative estimate of drug-likeness (QED) is 0.691. The number of carbonyl (C=O) groups is 2. The van der Waals surface area contributed by atoms with E-state index in [4.69, 9.17) is 4.74 Å². The molecule has 0 fully saturated rings. The summed E-state index contributed by atoms with van der Waals surface area (Å²) in [6, 6.07) is 7.62. The molecule has 1 aromatic heterocycles. The van der Waals surface area contributed by atoms with Crippen LogP contribution >= 0.6 is 11.3 Å². The normalized spacial score (nSPS) is 10.4. The maximum atomic E-state index is 11.9. The van der Waals surface area contributed by atoms with Crippen molar-refractivity contribution >= 4 is 23.1 Å². The third-order valence-electron chi connectivity index (χ3n) is 2.95. The van der Waals surface area contributed by atoms with Crippen LogP contribution < -0.4 is 9.84 Å². The number of carboxylic acid groups (broad SMARTS) is 1. The van der Waals surface area contributed by atoms with E-state index in [1.165, 1.54) is 5.56 Å². The lowest BCUT2D eigenvalue weighted by Gasteiger charge is -2.05. The molecule has 5 nitrogen and oxygen atoms in total. The number of ketones is 1. The fourth-order valence-corrected chi connectivity index (χ4v) is 2.66. The van der Waals surface area contributed by atoms with E-state index in [-0.39, 0.29) is 23.8 Å². The number of aliphatic carboxylic acids is 1. The molecular formula is C16H16NO4S-. The van der Waals surface area contributed by atoms with Gasteiger partial charge < -0.3 is 14.6 Å². The fourth-order valence-electron chi connectivity index (χ4n) is 1.92. The van der Waals surface area contributed by atoms with Crippen LogP contribution in [0.1, 0.15) is 34.4 Å². The molecule has 0 saturated heterocycles. The van der Waals surface area contributed by atoms with Gasteiger partial charge in [0.1, 0.15) is 5.75 Å². The Kier molecular flexibility index (Phi) is 5.66. The van der Waals surface area contributed by atoms with Gasteiger partial charge in [0.15, 0.2) is 11.6 Å². The zero-order valence-corrected chi connectivity index (χ0v) is 13.0. The molecule has 0 N–H and O–H groups in total. The number of aryl methyl sites for hydroxylation is 1. The predicted octanol–water partition coefficient (Wildman–Crippen LogP) is 1.65. The molecule has 0 bridgehead atoms. The van der Waals surface area contributed by atoms with Gasteiger partial charge >= 0.3 is 0 Å². The molecule has 0 aliphatic rings. The van der Waals surface area contributed by atoms with E-state index >= 15 is 0 Å². The highest BCUT2D eigenvalue weighted by atomic mass is 32.1. The zero-order chi connectivity index (χ0) is 15.9. The molecule has 2 rings (SSSR count). The largest absolute Gasteiger partial charge is 0.550 e. The molecule has 6 heteroatoms. The van der Waals surface area contributed by atoms with Gasteiger partial charge in [0, 0.05) is 17.8 Å². The average molecular weight is 318 g/mol. The topological polar surface area (TPSA) is 79.3 Å². The van der Waals surface area contributed by atoms with Crippen LogP contribution in [0.5, 0.6) is 5.75 Å². The van der Waals surface area contributed by atoms with E-state index in [0.29, 0.717) is 11.4 Å². The number of carbonyl (C=O) groups excluding carboxylic acids is 2. The first kappa shape index (κ1) is 16.2. The zero-order valence-electron chi connectivity index (χ0n) is 12.2. The van der Waals surface area contributed by atoms with E-state index in [1.807, 2.05) is 24.3 Å². The number of hydrogen-bond donors (Lipinski definition) is 0. The molecule has 1 aromatic carbocycles. The summed E-state index contributed by atoms with van der Waals surface area (Å²) >= 11 is 1.11. The molecule has 0 amide bonds. The second-order valence-electron chi connectivity index (χ2n) is 4.80. The Bertz CT molecular complexity index is 648. The highest BCUT2D eigenvalue weighted by Crippen LogP contribution is 2.15. The molecule has 2 aromatic rings. The number of Topliss-reactive ketones (excluding diaryl/α,β-unsaturated/α-hetero) is 1. The van der Waals surface area contributed by atoms with Gasteiger partial charge in [-0.15, -0.1) is 11.3 Å². The molecular weight excluding hydrogens is 302 g/mol. The number of hydrogen-bond acceptors (Lipinski definition) is 6. The van der Waals surface area contributed by atoms with Crippen molar-refractivity contribution in [2.75, 3.05) is 6.61 Å². The van der Waals surface area contributed by atoms with Crippen molar-refractivity contribution in [3.63, 3.8) is 0 Å². The van der Waals surface area contributed by atoms with Crippen LogP contribution in [0.4, 0.5) is 0 Å². The Morgan fingerprint density at radius 2 is 2.00 bits per heavy atom. The number of nitrogens with zero attached hydrogens (tertiary/aromatic N) is 1. The fraction of sp³-hybridized carbons (Fsp3) is 0.312. The van der Waals surface area contributed by atoms with Crippen LogP contribution in [0, 0.1) is 0 Å². The third kappa shape index (κ3) is 4.66. The van der Waals surface area contributed by atoms with Crippen LogP contribution in [0.2, 0.25) is 0 Å². The Hall–Kier alpha value is -2.21. The van der Waals surface area contributed by atoms with E-state index < -0.39 is 5.97 Å². The maximum absolute atomic E-state index is 11.9. The van der Waals surface area contributed by atoms with Crippen LogP contribution in [-0.4, -0.2) is 23.3 Å². The molecule has 0 aliphatic heterocycles. The molecule has 0 unspecified atom stereocenters. The monoisotopic (exact) mass is 318 g/mol. The van der Waals surface area contributed by atoms with Crippen molar-refractivity contribution < 1.29 is 19.4 Å². The Balaban J connectivity index is 1.89. The highest BCUT2D eigenvalue weighted by molar-refractivity contribution is 7.11.